The third-order valence-electron chi connectivity index (χ3n) is 4.80. The summed E-state index contributed by atoms with van der Waals surface area (Å²) in [5.74, 6) is -1.62. The van der Waals surface area contributed by atoms with Crippen LogP contribution in [0.15, 0.2) is 65.9 Å². The van der Waals surface area contributed by atoms with Gasteiger partial charge in [0.1, 0.15) is 12.4 Å². The van der Waals surface area contributed by atoms with Crippen LogP contribution < -0.4 is 10.2 Å². The zero-order chi connectivity index (χ0) is 22.2. The van der Waals surface area contributed by atoms with Crippen LogP contribution in [-0.4, -0.2) is 51.9 Å². The summed E-state index contributed by atoms with van der Waals surface area (Å²) >= 11 is 0. The van der Waals surface area contributed by atoms with Crippen molar-refractivity contribution in [2.75, 3.05) is 39.0 Å². The van der Waals surface area contributed by atoms with Crippen LogP contribution in [0.1, 0.15) is 15.9 Å². The van der Waals surface area contributed by atoms with Crippen molar-refractivity contribution in [1.82, 2.24) is 5.32 Å². The lowest BCUT2D eigenvalue weighted by molar-refractivity contribution is -0.140. The lowest BCUT2D eigenvalue weighted by atomic mass is 10.1. The molecular weight excluding hydrogens is 400 g/mol. The zero-order valence-electron chi connectivity index (χ0n) is 17.4. The number of hydrogen-bond acceptors (Lipinski definition) is 7. The lowest BCUT2D eigenvalue weighted by Gasteiger charge is -2.31. The first-order valence-electron chi connectivity index (χ1n) is 9.72. The second kappa shape index (κ2) is 10.4. The van der Waals surface area contributed by atoms with Crippen LogP contribution in [0, 0.1) is 0 Å². The van der Waals surface area contributed by atoms with Crippen LogP contribution >= 0.6 is 0 Å². The van der Waals surface area contributed by atoms with Gasteiger partial charge in [-0.2, -0.15) is 0 Å². The van der Waals surface area contributed by atoms with Gasteiger partial charge >= 0.3 is 11.9 Å². The Morgan fingerprint density at radius 3 is 2.45 bits per heavy atom. The number of benzene rings is 2. The van der Waals surface area contributed by atoms with Gasteiger partial charge in [0.25, 0.3) is 5.91 Å². The number of rotatable bonds is 7. The van der Waals surface area contributed by atoms with Crippen molar-refractivity contribution in [3.05, 3.63) is 77.0 Å². The van der Waals surface area contributed by atoms with Crippen molar-refractivity contribution in [3.63, 3.8) is 0 Å². The van der Waals surface area contributed by atoms with Crippen LogP contribution in [0.2, 0.25) is 0 Å². The highest BCUT2D eigenvalue weighted by molar-refractivity contribution is 6.03. The van der Waals surface area contributed by atoms with Gasteiger partial charge in [0, 0.05) is 17.8 Å². The van der Waals surface area contributed by atoms with Crippen molar-refractivity contribution in [3.8, 4) is 0 Å². The molecule has 0 atom stereocenters. The predicted octanol–water partition coefficient (Wildman–Crippen LogP) is 2.05. The summed E-state index contributed by atoms with van der Waals surface area (Å²) in [5, 5.41) is 2.89. The number of carbonyl (C=O) groups is 3. The van der Waals surface area contributed by atoms with Crippen molar-refractivity contribution in [2.45, 2.75) is 6.42 Å². The normalized spacial score (nSPS) is 13.5. The molecule has 0 unspecified atom stereocenters. The van der Waals surface area contributed by atoms with Gasteiger partial charge < -0.3 is 24.4 Å². The average Bonchev–Trinajstić information content (AvgIpc) is 2.83. The van der Waals surface area contributed by atoms with E-state index in [1.54, 1.807) is 24.3 Å². The van der Waals surface area contributed by atoms with Crippen molar-refractivity contribution in [1.29, 1.82) is 0 Å². The van der Waals surface area contributed by atoms with E-state index in [0.717, 1.165) is 5.56 Å². The van der Waals surface area contributed by atoms with Crippen LogP contribution in [-0.2, 0) is 30.2 Å². The van der Waals surface area contributed by atoms with Crippen LogP contribution in [0.3, 0.4) is 0 Å². The molecule has 0 saturated heterocycles. The Kier molecular flexibility index (Phi) is 7.40. The molecule has 2 aromatic rings. The molecule has 1 aliphatic rings. The van der Waals surface area contributed by atoms with Gasteiger partial charge in [0.2, 0.25) is 0 Å². The summed E-state index contributed by atoms with van der Waals surface area (Å²) in [6.07, 6.45) is 0.712. The minimum Gasteiger partial charge on any atom is -0.466 e. The maximum atomic E-state index is 12.6. The third-order valence-corrected chi connectivity index (χ3v) is 4.80. The number of methoxy groups -OCH3 is 2. The average molecular weight is 424 g/mol. The minimum atomic E-state index is -0.693. The molecule has 0 saturated carbocycles. The molecule has 162 valence electrons. The number of carbonyl (C=O) groups excluding carboxylic acids is 3. The van der Waals surface area contributed by atoms with E-state index in [2.05, 4.69) is 5.32 Å². The van der Waals surface area contributed by atoms with E-state index < -0.39 is 11.9 Å². The molecule has 8 nitrogen and oxygen atoms in total. The molecule has 1 N–H and O–H groups in total. The fourth-order valence-electron chi connectivity index (χ4n) is 3.23. The van der Waals surface area contributed by atoms with E-state index in [0.29, 0.717) is 24.2 Å². The van der Waals surface area contributed by atoms with Gasteiger partial charge in [-0.1, -0.05) is 36.4 Å². The smallest absolute Gasteiger partial charge is 0.355 e. The Balaban J connectivity index is 1.79. The minimum absolute atomic E-state index is 0.0179. The van der Waals surface area contributed by atoms with E-state index in [1.807, 2.05) is 30.3 Å². The lowest BCUT2D eigenvalue weighted by Crippen LogP contribution is -2.39. The summed E-state index contributed by atoms with van der Waals surface area (Å²) in [4.78, 5) is 38.6. The summed E-state index contributed by atoms with van der Waals surface area (Å²) in [7, 11) is 2.46. The van der Waals surface area contributed by atoms with Crippen molar-refractivity contribution < 1.29 is 28.6 Å². The molecule has 1 aliphatic heterocycles. The van der Waals surface area contributed by atoms with Gasteiger partial charge in [-0.25, -0.2) is 9.59 Å². The number of esters is 2. The van der Waals surface area contributed by atoms with Crippen LogP contribution in [0.25, 0.3) is 0 Å². The number of nitrogens with zero attached hydrogens (tertiary/aromatic N) is 1. The Morgan fingerprint density at radius 1 is 1.00 bits per heavy atom. The molecule has 31 heavy (non-hydrogen) atoms. The number of hydrogen-bond donors (Lipinski definition) is 1. The molecule has 0 spiro atoms. The summed E-state index contributed by atoms with van der Waals surface area (Å²) in [6, 6.07) is 16.6. The van der Waals surface area contributed by atoms with Crippen molar-refractivity contribution in [2.24, 2.45) is 0 Å². The Hall–Kier alpha value is -3.65. The topological polar surface area (TPSA) is 94.2 Å². The monoisotopic (exact) mass is 424 g/mol. The molecule has 8 heteroatoms. The SMILES string of the molecule is COC(=O)C1=C(C(=O)OC)N(c2cccc(C(=O)NCCc3ccccc3)c2)COC1. The second-order valence-corrected chi connectivity index (χ2v) is 6.76. The Morgan fingerprint density at radius 2 is 1.74 bits per heavy atom. The standard InChI is InChI=1S/C23H24N2O6/c1-29-22(27)19-14-31-15-25(20(19)23(28)30-2)18-10-6-9-17(13-18)21(26)24-12-11-16-7-4-3-5-8-16/h3-10,13H,11-12,14-15H2,1-2H3,(H,24,26). The predicted molar refractivity (Wildman–Crippen MR) is 113 cm³/mol. The van der Waals surface area contributed by atoms with Gasteiger partial charge in [-0.15, -0.1) is 0 Å². The maximum Gasteiger partial charge on any atom is 0.355 e. The first-order valence-corrected chi connectivity index (χ1v) is 9.72. The van der Waals surface area contributed by atoms with Crippen LogP contribution in [0.4, 0.5) is 5.69 Å². The maximum absolute atomic E-state index is 12.6. The molecule has 2 aromatic carbocycles. The Labute approximate surface area is 180 Å². The van der Waals surface area contributed by atoms with E-state index in [-0.39, 0.29) is 30.5 Å². The molecule has 1 heterocycles. The van der Waals surface area contributed by atoms with Gasteiger partial charge in [-0.3, -0.25) is 4.79 Å². The summed E-state index contributed by atoms with van der Waals surface area (Å²) < 4.78 is 15.1. The first kappa shape index (κ1) is 22.0. The van der Waals surface area contributed by atoms with E-state index in [9.17, 15) is 14.4 Å². The van der Waals surface area contributed by atoms with Gasteiger partial charge in [-0.05, 0) is 30.2 Å². The van der Waals surface area contributed by atoms with E-state index >= 15 is 0 Å². The second-order valence-electron chi connectivity index (χ2n) is 6.76. The number of amides is 1. The highest BCUT2D eigenvalue weighted by Gasteiger charge is 2.32. The fraction of sp³-hybridized carbons (Fsp3) is 0.261. The quantitative estimate of drug-likeness (QED) is 0.680. The zero-order valence-corrected chi connectivity index (χ0v) is 17.4. The molecule has 0 radical (unpaired) electrons. The van der Waals surface area contributed by atoms with Crippen molar-refractivity contribution >= 4 is 23.5 Å². The largest absolute Gasteiger partial charge is 0.466 e. The first-order chi connectivity index (χ1) is 15.0. The highest BCUT2D eigenvalue weighted by atomic mass is 16.5. The van der Waals surface area contributed by atoms with Gasteiger partial charge in [0.15, 0.2) is 0 Å². The molecule has 3 rings (SSSR count). The van der Waals surface area contributed by atoms with Crippen LogP contribution in [0.5, 0.6) is 0 Å². The number of ether oxygens (including phenoxy) is 3. The molecule has 0 aliphatic carbocycles. The summed E-state index contributed by atoms with van der Waals surface area (Å²) in [6.45, 7) is 0.428. The van der Waals surface area contributed by atoms with E-state index in [1.165, 1.54) is 19.1 Å². The molecule has 1 amide bonds. The Bertz CT molecular complexity index is 987. The highest BCUT2D eigenvalue weighted by Crippen LogP contribution is 2.27. The molecule has 0 fully saturated rings. The molecule has 0 aromatic heterocycles. The number of anilines is 1. The van der Waals surface area contributed by atoms with Gasteiger partial charge in [0.05, 0.1) is 26.4 Å². The number of nitrogens with one attached hydrogen (secondary N) is 1. The van der Waals surface area contributed by atoms with E-state index in [4.69, 9.17) is 14.2 Å². The molecule has 0 bridgehead atoms. The third kappa shape index (κ3) is 5.29. The molecular formula is C23H24N2O6. The summed E-state index contributed by atoms with van der Waals surface area (Å²) in [5.41, 5.74) is 2.14. The fourth-order valence-corrected chi connectivity index (χ4v) is 3.23.